The summed E-state index contributed by atoms with van der Waals surface area (Å²) in [4.78, 5) is 0. The number of alkyl halides is 2. The van der Waals surface area contributed by atoms with Crippen LogP contribution in [0.25, 0.3) is 0 Å². The predicted molar refractivity (Wildman–Crippen MR) is 52.5 cm³/mol. The van der Waals surface area contributed by atoms with E-state index in [1.807, 2.05) is 0 Å². The predicted octanol–water partition coefficient (Wildman–Crippen LogP) is 3.62. The Bertz CT molecular complexity index is 429. The average Bonchev–Trinajstić information content (AvgIpc) is 2.20. The second-order valence-electron chi connectivity index (χ2n) is 2.65. The lowest BCUT2D eigenvalue weighted by atomic mass is 10.1. The van der Waals surface area contributed by atoms with E-state index in [0.717, 1.165) is 18.2 Å². The van der Waals surface area contributed by atoms with E-state index in [4.69, 9.17) is 33.2 Å². The standard InChI is InChI=1S/C9H5Cl2F2NO/c1-15-8-3-6(10)5(2-7(8)11)9(12,13)4-14/h2-3H,1H3. The van der Waals surface area contributed by atoms with Crippen molar-refractivity contribution in [1.29, 1.82) is 5.26 Å². The summed E-state index contributed by atoms with van der Waals surface area (Å²) < 4.78 is 30.8. The quantitative estimate of drug-likeness (QED) is 0.805. The van der Waals surface area contributed by atoms with Crippen LogP contribution in [0.15, 0.2) is 12.1 Å². The van der Waals surface area contributed by atoms with Crippen LogP contribution in [0.3, 0.4) is 0 Å². The zero-order chi connectivity index (χ0) is 11.6. The van der Waals surface area contributed by atoms with Gasteiger partial charge in [-0.05, 0) is 6.07 Å². The second kappa shape index (κ2) is 4.21. The summed E-state index contributed by atoms with van der Waals surface area (Å²) in [5, 5.41) is 7.97. The van der Waals surface area contributed by atoms with Gasteiger partial charge in [0.2, 0.25) is 0 Å². The van der Waals surface area contributed by atoms with Crippen molar-refractivity contribution in [3.8, 4) is 11.8 Å². The topological polar surface area (TPSA) is 33.0 Å². The molecule has 0 unspecified atom stereocenters. The van der Waals surface area contributed by atoms with Gasteiger partial charge in [-0.15, -0.1) is 0 Å². The summed E-state index contributed by atoms with van der Waals surface area (Å²) in [7, 11) is 1.33. The van der Waals surface area contributed by atoms with Gasteiger partial charge in [0.15, 0.2) is 0 Å². The van der Waals surface area contributed by atoms with Crippen LogP contribution >= 0.6 is 23.2 Å². The molecule has 2 nitrogen and oxygen atoms in total. The zero-order valence-electron chi connectivity index (χ0n) is 7.52. The molecule has 1 rings (SSSR count). The first kappa shape index (κ1) is 12.0. The first-order valence-electron chi connectivity index (χ1n) is 3.75. The van der Waals surface area contributed by atoms with Gasteiger partial charge in [-0.1, -0.05) is 23.2 Å². The minimum Gasteiger partial charge on any atom is -0.495 e. The fourth-order valence-corrected chi connectivity index (χ4v) is 1.50. The number of ether oxygens (including phenoxy) is 1. The van der Waals surface area contributed by atoms with Gasteiger partial charge in [0.1, 0.15) is 11.8 Å². The molecule has 0 bridgehead atoms. The lowest BCUT2D eigenvalue weighted by Crippen LogP contribution is -2.10. The summed E-state index contributed by atoms with van der Waals surface area (Å²) in [5.74, 6) is -3.48. The van der Waals surface area contributed by atoms with Gasteiger partial charge >= 0.3 is 5.92 Å². The monoisotopic (exact) mass is 251 g/mol. The third kappa shape index (κ3) is 2.31. The number of rotatable bonds is 2. The SMILES string of the molecule is COc1cc(Cl)c(C(F)(F)C#N)cc1Cl. The average molecular weight is 252 g/mol. The van der Waals surface area contributed by atoms with Gasteiger partial charge < -0.3 is 4.74 Å². The molecular formula is C9H5Cl2F2NO. The van der Waals surface area contributed by atoms with E-state index in [1.165, 1.54) is 7.11 Å². The number of methoxy groups -OCH3 is 1. The fourth-order valence-electron chi connectivity index (χ4n) is 0.986. The Morgan fingerprint density at radius 2 is 1.93 bits per heavy atom. The number of nitrogens with zero attached hydrogens (tertiary/aromatic N) is 1. The fraction of sp³-hybridized carbons (Fsp3) is 0.222. The molecule has 0 saturated heterocycles. The highest BCUT2D eigenvalue weighted by Gasteiger charge is 2.34. The Labute approximate surface area is 95.0 Å². The van der Waals surface area contributed by atoms with Crippen LogP contribution in [-0.4, -0.2) is 7.11 Å². The summed E-state index contributed by atoms with van der Waals surface area (Å²) >= 11 is 11.2. The minimum atomic E-state index is -3.66. The molecule has 0 heterocycles. The van der Waals surface area contributed by atoms with Gasteiger partial charge in [0, 0.05) is 6.07 Å². The first-order chi connectivity index (χ1) is 6.92. The van der Waals surface area contributed by atoms with Gasteiger partial charge in [-0.25, -0.2) is 0 Å². The molecule has 0 radical (unpaired) electrons. The first-order valence-corrected chi connectivity index (χ1v) is 4.50. The Balaban J connectivity index is 3.36. The van der Waals surface area contributed by atoms with E-state index < -0.39 is 11.5 Å². The second-order valence-corrected chi connectivity index (χ2v) is 3.47. The number of hydrogen-bond donors (Lipinski definition) is 0. The van der Waals surface area contributed by atoms with Crippen LogP contribution < -0.4 is 4.74 Å². The molecule has 0 aliphatic rings. The molecule has 0 spiro atoms. The lowest BCUT2D eigenvalue weighted by Gasteiger charge is -2.12. The molecule has 6 heteroatoms. The highest BCUT2D eigenvalue weighted by molar-refractivity contribution is 6.34. The maximum absolute atomic E-state index is 13.0. The summed E-state index contributed by atoms with van der Waals surface area (Å²) in [5.41, 5.74) is -0.627. The largest absolute Gasteiger partial charge is 0.495 e. The van der Waals surface area contributed by atoms with Crippen LogP contribution in [-0.2, 0) is 5.92 Å². The number of halogens is 4. The van der Waals surface area contributed by atoms with Crippen molar-refractivity contribution in [2.75, 3.05) is 7.11 Å². The molecule has 0 atom stereocenters. The molecule has 0 fully saturated rings. The van der Waals surface area contributed by atoms with Crippen LogP contribution in [0.1, 0.15) is 5.56 Å². The van der Waals surface area contributed by atoms with E-state index in [0.29, 0.717) is 0 Å². The van der Waals surface area contributed by atoms with Crippen molar-refractivity contribution >= 4 is 23.2 Å². The Hall–Kier alpha value is -1.05. The Kier molecular flexibility index (Phi) is 3.38. The molecule has 15 heavy (non-hydrogen) atoms. The number of benzene rings is 1. The van der Waals surface area contributed by atoms with Crippen molar-refractivity contribution in [2.45, 2.75) is 5.92 Å². The summed E-state index contributed by atoms with van der Waals surface area (Å²) in [6, 6.07) is 2.91. The Morgan fingerprint density at radius 3 is 2.40 bits per heavy atom. The molecule has 0 aromatic heterocycles. The van der Waals surface area contributed by atoms with E-state index in [9.17, 15) is 8.78 Å². The number of hydrogen-bond acceptors (Lipinski definition) is 2. The van der Waals surface area contributed by atoms with Gasteiger partial charge in [-0.2, -0.15) is 14.0 Å². The molecule has 80 valence electrons. The summed E-state index contributed by atoms with van der Waals surface area (Å²) in [6.07, 6.45) is 0. The number of nitriles is 1. The van der Waals surface area contributed by atoms with Crippen LogP contribution in [0.2, 0.25) is 10.0 Å². The third-order valence-electron chi connectivity index (χ3n) is 1.72. The van der Waals surface area contributed by atoms with Crippen molar-refractivity contribution < 1.29 is 13.5 Å². The molecule has 0 aliphatic carbocycles. The Morgan fingerprint density at radius 1 is 1.33 bits per heavy atom. The third-order valence-corrected chi connectivity index (χ3v) is 2.33. The highest BCUT2D eigenvalue weighted by atomic mass is 35.5. The van der Waals surface area contributed by atoms with Crippen molar-refractivity contribution in [1.82, 2.24) is 0 Å². The molecule has 0 saturated carbocycles. The van der Waals surface area contributed by atoms with E-state index in [2.05, 4.69) is 0 Å². The maximum Gasteiger partial charge on any atom is 0.358 e. The van der Waals surface area contributed by atoms with Crippen LogP contribution in [0, 0.1) is 11.3 Å². The zero-order valence-corrected chi connectivity index (χ0v) is 9.03. The summed E-state index contributed by atoms with van der Waals surface area (Å²) in [6.45, 7) is 0. The van der Waals surface area contributed by atoms with Crippen LogP contribution in [0.4, 0.5) is 8.78 Å². The molecule has 0 aliphatic heterocycles. The highest BCUT2D eigenvalue weighted by Crippen LogP contribution is 2.38. The van der Waals surface area contributed by atoms with Gasteiger partial charge in [0.25, 0.3) is 0 Å². The molecular weight excluding hydrogens is 247 g/mol. The van der Waals surface area contributed by atoms with Crippen molar-refractivity contribution in [3.63, 3.8) is 0 Å². The van der Waals surface area contributed by atoms with E-state index in [1.54, 1.807) is 0 Å². The molecule has 0 N–H and O–H groups in total. The van der Waals surface area contributed by atoms with Gasteiger partial charge in [-0.3, -0.25) is 0 Å². The molecule has 0 amide bonds. The van der Waals surface area contributed by atoms with E-state index >= 15 is 0 Å². The molecule has 1 aromatic carbocycles. The maximum atomic E-state index is 13.0. The lowest BCUT2D eigenvalue weighted by molar-refractivity contribution is 0.0614. The van der Waals surface area contributed by atoms with Crippen LogP contribution in [0.5, 0.6) is 5.75 Å². The van der Waals surface area contributed by atoms with Crippen molar-refractivity contribution in [3.05, 3.63) is 27.7 Å². The van der Waals surface area contributed by atoms with E-state index in [-0.39, 0.29) is 15.8 Å². The normalized spacial score (nSPS) is 10.9. The minimum absolute atomic E-state index is 0.0215. The smallest absolute Gasteiger partial charge is 0.358 e. The van der Waals surface area contributed by atoms with Gasteiger partial charge in [0.05, 0.1) is 22.7 Å². The van der Waals surface area contributed by atoms with Crippen molar-refractivity contribution in [2.24, 2.45) is 0 Å². The molecule has 1 aromatic rings.